The summed E-state index contributed by atoms with van der Waals surface area (Å²) in [4.78, 5) is 6.42. The summed E-state index contributed by atoms with van der Waals surface area (Å²) in [7, 11) is 2.19. The van der Waals surface area contributed by atoms with Crippen LogP contribution in [0.1, 0.15) is 25.3 Å². The van der Waals surface area contributed by atoms with E-state index in [1.165, 1.54) is 18.4 Å². The van der Waals surface area contributed by atoms with Crippen LogP contribution in [0.25, 0.3) is 0 Å². The fraction of sp³-hybridized carbons (Fsp3) is 0.643. The van der Waals surface area contributed by atoms with Crippen LogP contribution >= 0.6 is 0 Å². The number of aromatic nitrogens is 1. The molecule has 0 aromatic carbocycles. The van der Waals surface area contributed by atoms with Crippen LogP contribution in [0.2, 0.25) is 0 Å². The lowest BCUT2D eigenvalue weighted by atomic mass is 10.1. The Morgan fingerprint density at radius 3 is 2.65 bits per heavy atom. The van der Waals surface area contributed by atoms with E-state index in [9.17, 15) is 0 Å². The molecule has 1 unspecified atom stereocenters. The first kappa shape index (κ1) is 14.1. The summed E-state index contributed by atoms with van der Waals surface area (Å²) in [6.45, 7) is 5.30. The summed E-state index contributed by atoms with van der Waals surface area (Å²) in [5.74, 6) is 0.656. The fourth-order valence-corrected chi connectivity index (χ4v) is 1.81. The van der Waals surface area contributed by atoms with Gasteiger partial charge in [-0.2, -0.15) is 0 Å². The van der Waals surface area contributed by atoms with Crippen molar-refractivity contribution in [3.05, 3.63) is 30.1 Å². The Labute approximate surface area is 105 Å². The molecule has 0 aliphatic rings. The summed E-state index contributed by atoms with van der Waals surface area (Å²) < 4.78 is 0. The number of nitrogens with two attached hydrogens (primary N) is 1. The topological polar surface area (TPSA) is 42.1 Å². The van der Waals surface area contributed by atoms with Gasteiger partial charge in [-0.1, -0.05) is 6.92 Å². The summed E-state index contributed by atoms with van der Waals surface area (Å²) >= 11 is 0. The van der Waals surface area contributed by atoms with Crippen LogP contribution in [-0.2, 0) is 6.42 Å². The predicted octanol–water partition coefficient (Wildman–Crippen LogP) is 1.93. The molecule has 0 fully saturated rings. The van der Waals surface area contributed by atoms with Gasteiger partial charge >= 0.3 is 0 Å². The molecule has 0 aliphatic carbocycles. The van der Waals surface area contributed by atoms with Crippen LogP contribution in [0.5, 0.6) is 0 Å². The lowest BCUT2D eigenvalue weighted by Crippen LogP contribution is -2.23. The van der Waals surface area contributed by atoms with Gasteiger partial charge in [0.1, 0.15) is 0 Å². The molecule has 3 nitrogen and oxygen atoms in total. The summed E-state index contributed by atoms with van der Waals surface area (Å²) in [5, 5.41) is 0. The van der Waals surface area contributed by atoms with Gasteiger partial charge in [0, 0.05) is 18.9 Å². The molecule has 0 amide bonds. The second kappa shape index (κ2) is 8.20. The summed E-state index contributed by atoms with van der Waals surface area (Å²) in [6, 6.07) is 4.18. The predicted molar refractivity (Wildman–Crippen MR) is 72.9 cm³/mol. The van der Waals surface area contributed by atoms with E-state index in [2.05, 4.69) is 36.0 Å². The van der Waals surface area contributed by atoms with Crippen LogP contribution in [0.15, 0.2) is 24.5 Å². The van der Waals surface area contributed by atoms with Gasteiger partial charge in [0.2, 0.25) is 0 Å². The second-order valence-corrected chi connectivity index (χ2v) is 4.89. The Kier molecular flexibility index (Phi) is 6.82. The van der Waals surface area contributed by atoms with Crippen LogP contribution in [0.3, 0.4) is 0 Å². The van der Waals surface area contributed by atoms with Crippen molar-refractivity contribution >= 4 is 0 Å². The van der Waals surface area contributed by atoms with E-state index >= 15 is 0 Å². The number of nitrogens with zero attached hydrogens (tertiary/aromatic N) is 2. The van der Waals surface area contributed by atoms with Crippen molar-refractivity contribution < 1.29 is 0 Å². The van der Waals surface area contributed by atoms with Crippen molar-refractivity contribution in [1.29, 1.82) is 0 Å². The average molecular weight is 235 g/mol. The minimum atomic E-state index is 0.656. The smallest absolute Gasteiger partial charge is 0.0270 e. The molecule has 3 heteroatoms. The van der Waals surface area contributed by atoms with Gasteiger partial charge in [-0.25, -0.2) is 0 Å². The minimum Gasteiger partial charge on any atom is -0.330 e. The molecule has 17 heavy (non-hydrogen) atoms. The molecule has 1 heterocycles. The van der Waals surface area contributed by atoms with E-state index in [1.807, 2.05) is 12.4 Å². The van der Waals surface area contributed by atoms with E-state index in [0.29, 0.717) is 5.92 Å². The molecule has 1 aromatic heterocycles. The number of likely N-dealkylation sites (N-methyl/N-ethyl adjacent to an activating group) is 1. The Morgan fingerprint density at radius 1 is 1.29 bits per heavy atom. The first-order chi connectivity index (χ1) is 8.22. The quantitative estimate of drug-likeness (QED) is 0.748. The van der Waals surface area contributed by atoms with Gasteiger partial charge in [0.15, 0.2) is 0 Å². The molecule has 0 saturated heterocycles. The van der Waals surface area contributed by atoms with Crippen LogP contribution in [-0.4, -0.2) is 36.6 Å². The van der Waals surface area contributed by atoms with E-state index in [4.69, 9.17) is 5.73 Å². The maximum atomic E-state index is 5.60. The third-order valence-corrected chi connectivity index (χ3v) is 3.17. The van der Waals surface area contributed by atoms with E-state index < -0.39 is 0 Å². The molecule has 96 valence electrons. The third-order valence-electron chi connectivity index (χ3n) is 3.17. The Hall–Kier alpha value is -0.930. The Balaban J connectivity index is 2.11. The minimum absolute atomic E-state index is 0.656. The van der Waals surface area contributed by atoms with Crippen molar-refractivity contribution in [3.63, 3.8) is 0 Å². The highest BCUT2D eigenvalue weighted by molar-refractivity contribution is 5.09. The first-order valence-electron chi connectivity index (χ1n) is 6.50. The van der Waals surface area contributed by atoms with E-state index in [1.54, 1.807) is 0 Å². The lowest BCUT2D eigenvalue weighted by molar-refractivity contribution is 0.319. The summed E-state index contributed by atoms with van der Waals surface area (Å²) in [5.41, 5.74) is 6.97. The molecule has 1 atom stereocenters. The largest absolute Gasteiger partial charge is 0.330 e. The maximum absolute atomic E-state index is 5.60. The summed E-state index contributed by atoms with van der Waals surface area (Å²) in [6.07, 6.45) is 7.29. The molecule has 0 aliphatic heterocycles. The Bertz CT molecular complexity index is 287. The Morgan fingerprint density at radius 2 is 2.00 bits per heavy atom. The normalized spacial score (nSPS) is 12.9. The van der Waals surface area contributed by atoms with Crippen molar-refractivity contribution in [1.82, 2.24) is 9.88 Å². The molecule has 1 aromatic rings. The monoisotopic (exact) mass is 235 g/mol. The molecular formula is C14H25N3. The van der Waals surface area contributed by atoms with Gasteiger partial charge in [0.25, 0.3) is 0 Å². The number of rotatable bonds is 8. The molecule has 0 bridgehead atoms. The first-order valence-corrected chi connectivity index (χ1v) is 6.50. The number of hydrogen-bond donors (Lipinski definition) is 1. The zero-order valence-corrected chi connectivity index (χ0v) is 11.1. The average Bonchev–Trinajstić information content (AvgIpc) is 2.37. The molecule has 0 saturated carbocycles. The van der Waals surface area contributed by atoms with Crippen LogP contribution in [0, 0.1) is 5.92 Å². The van der Waals surface area contributed by atoms with Crippen LogP contribution in [0.4, 0.5) is 0 Å². The van der Waals surface area contributed by atoms with Crippen molar-refractivity contribution in [2.24, 2.45) is 11.7 Å². The van der Waals surface area contributed by atoms with Crippen molar-refractivity contribution in [2.75, 3.05) is 26.7 Å². The third kappa shape index (κ3) is 6.39. The lowest BCUT2D eigenvalue weighted by Gasteiger charge is -2.17. The highest BCUT2D eigenvalue weighted by Crippen LogP contribution is 2.05. The van der Waals surface area contributed by atoms with Gasteiger partial charge in [-0.15, -0.1) is 0 Å². The van der Waals surface area contributed by atoms with Gasteiger partial charge in [0.05, 0.1) is 0 Å². The SMILES string of the molecule is CC(CN)CCCN(C)CCc1ccncc1. The van der Waals surface area contributed by atoms with Crippen LogP contribution < -0.4 is 5.73 Å². The second-order valence-electron chi connectivity index (χ2n) is 4.89. The van der Waals surface area contributed by atoms with Gasteiger partial charge in [-0.3, -0.25) is 4.98 Å². The molecule has 2 N–H and O–H groups in total. The zero-order chi connectivity index (χ0) is 12.5. The standard InChI is InChI=1S/C14H25N3/c1-13(12-15)4-3-10-17(2)11-7-14-5-8-16-9-6-14/h5-6,8-9,13H,3-4,7,10-12,15H2,1-2H3. The van der Waals surface area contributed by atoms with Crippen molar-refractivity contribution in [2.45, 2.75) is 26.2 Å². The number of pyridine rings is 1. The molecule has 0 spiro atoms. The fourth-order valence-electron chi connectivity index (χ4n) is 1.81. The van der Waals surface area contributed by atoms with Gasteiger partial charge in [-0.05, 0) is 63.0 Å². The zero-order valence-electron chi connectivity index (χ0n) is 11.1. The highest BCUT2D eigenvalue weighted by Gasteiger charge is 2.02. The maximum Gasteiger partial charge on any atom is 0.0270 e. The van der Waals surface area contributed by atoms with Crippen molar-refractivity contribution in [3.8, 4) is 0 Å². The van der Waals surface area contributed by atoms with E-state index in [-0.39, 0.29) is 0 Å². The molecular weight excluding hydrogens is 210 g/mol. The highest BCUT2D eigenvalue weighted by atomic mass is 15.1. The molecule has 1 rings (SSSR count). The van der Waals surface area contributed by atoms with Gasteiger partial charge < -0.3 is 10.6 Å². The molecule has 0 radical (unpaired) electrons. The van der Waals surface area contributed by atoms with E-state index in [0.717, 1.165) is 26.1 Å². The number of hydrogen-bond acceptors (Lipinski definition) is 3.